The van der Waals surface area contributed by atoms with E-state index in [4.69, 9.17) is 9.47 Å². The van der Waals surface area contributed by atoms with Gasteiger partial charge in [-0.3, -0.25) is 4.79 Å². The molecule has 7 heteroatoms. The highest BCUT2D eigenvalue weighted by atomic mass is 16.6. The van der Waals surface area contributed by atoms with Crippen LogP contribution < -0.4 is 5.32 Å². The predicted octanol–water partition coefficient (Wildman–Crippen LogP) is 3.28. The lowest BCUT2D eigenvalue weighted by molar-refractivity contribution is -0.139. The number of esters is 1. The fourth-order valence-electron chi connectivity index (χ4n) is 2.23. The van der Waals surface area contributed by atoms with Gasteiger partial charge in [0.05, 0.1) is 6.61 Å². The summed E-state index contributed by atoms with van der Waals surface area (Å²) in [7, 11) is 1.63. The second-order valence-electron chi connectivity index (χ2n) is 8.47. The largest absolute Gasteiger partial charge is 0.463 e. The molecule has 0 aliphatic carbocycles. The predicted molar refractivity (Wildman–Crippen MR) is 105 cm³/mol. The van der Waals surface area contributed by atoms with E-state index in [2.05, 4.69) is 5.32 Å². The third-order valence-corrected chi connectivity index (χ3v) is 3.68. The Labute approximate surface area is 163 Å². The van der Waals surface area contributed by atoms with Crippen molar-refractivity contribution in [3.8, 4) is 0 Å². The maximum atomic E-state index is 12.9. The molecule has 0 spiro atoms. The fraction of sp³-hybridized carbons (Fsp3) is 0.750. The van der Waals surface area contributed by atoms with Gasteiger partial charge in [-0.2, -0.15) is 0 Å². The molecule has 0 heterocycles. The van der Waals surface area contributed by atoms with E-state index in [1.54, 1.807) is 40.8 Å². The van der Waals surface area contributed by atoms with Gasteiger partial charge in [-0.25, -0.2) is 9.59 Å². The SMILES string of the molecule is CCOC(=O)/C(=C/CN(C)C(=O)C(NC(=O)OC(C)(C)C)C(C)(C)C)CC. The van der Waals surface area contributed by atoms with Crippen molar-refractivity contribution in [1.82, 2.24) is 10.2 Å². The highest BCUT2D eigenvalue weighted by molar-refractivity contribution is 5.89. The maximum absolute atomic E-state index is 12.9. The van der Waals surface area contributed by atoms with Gasteiger partial charge in [-0.05, 0) is 39.5 Å². The maximum Gasteiger partial charge on any atom is 0.408 e. The Balaban J connectivity index is 5.22. The molecule has 0 fully saturated rings. The summed E-state index contributed by atoms with van der Waals surface area (Å²) >= 11 is 0. The quantitative estimate of drug-likeness (QED) is 0.538. The van der Waals surface area contributed by atoms with Gasteiger partial charge >= 0.3 is 12.1 Å². The van der Waals surface area contributed by atoms with Crippen LogP contribution in [0.25, 0.3) is 0 Å². The molecule has 156 valence electrons. The Morgan fingerprint density at radius 2 is 1.63 bits per heavy atom. The van der Waals surface area contributed by atoms with Crippen molar-refractivity contribution in [3.63, 3.8) is 0 Å². The third-order valence-electron chi connectivity index (χ3n) is 3.68. The first-order valence-electron chi connectivity index (χ1n) is 9.33. The molecule has 0 aromatic heterocycles. The van der Waals surface area contributed by atoms with Crippen LogP contribution in [0.5, 0.6) is 0 Å². The van der Waals surface area contributed by atoms with Crippen LogP contribution in [-0.2, 0) is 19.1 Å². The molecule has 1 N–H and O–H groups in total. The number of hydrogen-bond donors (Lipinski definition) is 1. The molecule has 0 aliphatic heterocycles. The van der Waals surface area contributed by atoms with E-state index in [1.165, 1.54) is 4.90 Å². The van der Waals surface area contributed by atoms with Gasteiger partial charge in [-0.1, -0.05) is 33.8 Å². The van der Waals surface area contributed by atoms with Crippen molar-refractivity contribution >= 4 is 18.0 Å². The summed E-state index contributed by atoms with van der Waals surface area (Å²) < 4.78 is 10.3. The van der Waals surface area contributed by atoms with E-state index in [1.807, 2.05) is 27.7 Å². The van der Waals surface area contributed by atoms with Gasteiger partial charge in [0, 0.05) is 19.2 Å². The second-order valence-corrected chi connectivity index (χ2v) is 8.47. The van der Waals surface area contributed by atoms with Crippen LogP contribution in [0.1, 0.15) is 61.8 Å². The molecule has 0 aliphatic rings. The smallest absolute Gasteiger partial charge is 0.408 e. The van der Waals surface area contributed by atoms with Crippen molar-refractivity contribution < 1.29 is 23.9 Å². The second kappa shape index (κ2) is 10.3. The topological polar surface area (TPSA) is 84.9 Å². The van der Waals surface area contributed by atoms with Crippen LogP contribution in [0.4, 0.5) is 4.79 Å². The number of nitrogens with zero attached hydrogens (tertiary/aromatic N) is 1. The molecule has 27 heavy (non-hydrogen) atoms. The van der Waals surface area contributed by atoms with Crippen LogP contribution in [-0.4, -0.2) is 54.7 Å². The minimum Gasteiger partial charge on any atom is -0.463 e. The molecule has 0 saturated carbocycles. The lowest BCUT2D eigenvalue weighted by Gasteiger charge is -2.33. The minimum absolute atomic E-state index is 0.239. The number of ether oxygens (including phenoxy) is 2. The molecule has 1 atom stereocenters. The summed E-state index contributed by atoms with van der Waals surface area (Å²) in [5.41, 5.74) is -0.649. The van der Waals surface area contributed by atoms with Crippen molar-refractivity contribution in [2.45, 2.75) is 73.5 Å². The monoisotopic (exact) mass is 384 g/mol. The van der Waals surface area contributed by atoms with Gasteiger partial charge in [0.2, 0.25) is 5.91 Å². The van der Waals surface area contributed by atoms with Crippen LogP contribution in [0.3, 0.4) is 0 Å². The molecule has 0 rings (SSSR count). The van der Waals surface area contributed by atoms with E-state index in [9.17, 15) is 14.4 Å². The van der Waals surface area contributed by atoms with Gasteiger partial charge in [0.15, 0.2) is 0 Å². The zero-order valence-corrected chi connectivity index (χ0v) is 18.3. The molecule has 0 radical (unpaired) electrons. The average molecular weight is 385 g/mol. The fourth-order valence-corrected chi connectivity index (χ4v) is 2.23. The summed E-state index contributed by atoms with van der Waals surface area (Å²) in [6.07, 6.45) is 1.56. The molecule has 0 aromatic carbocycles. The average Bonchev–Trinajstić information content (AvgIpc) is 2.49. The van der Waals surface area contributed by atoms with Crippen LogP contribution in [0, 0.1) is 5.41 Å². The summed E-state index contributed by atoms with van der Waals surface area (Å²) in [5, 5.41) is 2.67. The zero-order valence-electron chi connectivity index (χ0n) is 18.3. The summed E-state index contributed by atoms with van der Waals surface area (Å²) in [6, 6.07) is -0.765. The van der Waals surface area contributed by atoms with Crippen molar-refractivity contribution in [2.75, 3.05) is 20.2 Å². The molecule has 0 saturated heterocycles. The van der Waals surface area contributed by atoms with Crippen LogP contribution >= 0.6 is 0 Å². The molecular formula is C20H36N2O5. The molecule has 2 amide bonds. The normalized spacial score (nSPS) is 13.6. The van der Waals surface area contributed by atoms with Crippen molar-refractivity contribution in [2.24, 2.45) is 5.41 Å². The van der Waals surface area contributed by atoms with E-state index in [0.29, 0.717) is 18.6 Å². The van der Waals surface area contributed by atoms with Crippen molar-refractivity contribution in [3.05, 3.63) is 11.6 Å². The van der Waals surface area contributed by atoms with E-state index in [-0.39, 0.29) is 18.4 Å². The molecule has 0 bridgehead atoms. The summed E-state index contributed by atoms with van der Waals surface area (Å²) in [5.74, 6) is -0.635. The Kier molecular flexibility index (Phi) is 9.54. The first kappa shape index (κ1) is 24.9. The van der Waals surface area contributed by atoms with E-state index >= 15 is 0 Å². The van der Waals surface area contributed by atoms with Crippen LogP contribution in [0.2, 0.25) is 0 Å². The first-order chi connectivity index (χ1) is 12.2. The van der Waals surface area contributed by atoms with Crippen molar-refractivity contribution in [1.29, 1.82) is 0 Å². The number of carbonyl (C=O) groups excluding carboxylic acids is 3. The third kappa shape index (κ3) is 9.45. The van der Waals surface area contributed by atoms with Gasteiger partial charge in [-0.15, -0.1) is 0 Å². The molecule has 7 nitrogen and oxygen atoms in total. The number of carbonyl (C=O) groups is 3. The lowest BCUT2D eigenvalue weighted by Crippen LogP contribution is -2.54. The van der Waals surface area contributed by atoms with Gasteiger partial charge < -0.3 is 19.7 Å². The number of nitrogens with one attached hydrogen (secondary N) is 1. The van der Waals surface area contributed by atoms with E-state index in [0.717, 1.165) is 0 Å². The number of rotatable bonds is 7. The molecule has 1 unspecified atom stereocenters. The zero-order chi connectivity index (χ0) is 21.4. The number of alkyl carbamates (subject to hydrolysis) is 1. The van der Waals surface area contributed by atoms with Gasteiger partial charge in [0.1, 0.15) is 11.6 Å². The lowest BCUT2D eigenvalue weighted by atomic mass is 9.86. The first-order valence-corrected chi connectivity index (χ1v) is 9.33. The number of hydrogen-bond acceptors (Lipinski definition) is 5. The van der Waals surface area contributed by atoms with E-state index < -0.39 is 23.2 Å². The highest BCUT2D eigenvalue weighted by Gasteiger charge is 2.35. The summed E-state index contributed by atoms with van der Waals surface area (Å²) in [4.78, 5) is 38.4. The summed E-state index contributed by atoms with van der Waals surface area (Å²) in [6.45, 7) is 15.0. The van der Waals surface area contributed by atoms with Gasteiger partial charge in [0.25, 0.3) is 0 Å². The Bertz CT molecular complexity index is 556. The standard InChI is InChI=1S/C20H36N2O5/c1-10-14(17(24)26-11-2)12-13-22(9)16(23)15(19(3,4)5)21-18(25)27-20(6,7)8/h12,15H,10-11,13H2,1-9H3,(H,21,25)/b14-12+. The van der Waals surface area contributed by atoms with Crippen LogP contribution in [0.15, 0.2) is 11.6 Å². The Morgan fingerprint density at radius 3 is 2.04 bits per heavy atom. The molecule has 0 aromatic rings. The number of likely N-dealkylation sites (N-methyl/N-ethyl adjacent to an activating group) is 1. The Morgan fingerprint density at radius 1 is 1.07 bits per heavy atom. The minimum atomic E-state index is -0.765. The number of amides is 2. The highest BCUT2D eigenvalue weighted by Crippen LogP contribution is 2.22. The Hall–Kier alpha value is -2.05. The molecular weight excluding hydrogens is 348 g/mol.